The van der Waals surface area contributed by atoms with Crippen molar-refractivity contribution in [2.24, 2.45) is 10.8 Å². The molecule has 5 heteroatoms. The van der Waals surface area contributed by atoms with E-state index in [4.69, 9.17) is 9.72 Å². The number of rotatable bonds is 6. The van der Waals surface area contributed by atoms with E-state index in [0.29, 0.717) is 11.5 Å². The summed E-state index contributed by atoms with van der Waals surface area (Å²) in [5.74, 6) is 0.377. The lowest BCUT2D eigenvalue weighted by Gasteiger charge is -2.51. The summed E-state index contributed by atoms with van der Waals surface area (Å²) in [7, 11) is 0. The first-order valence-electron chi connectivity index (χ1n) is 14.0. The summed E-state index contributed by atoms with van der Waals surface area (Å²) in [6.07, 6.45) is 17.8. The number of aliphatic carboxylic acids is 1. The van der Waals surface area contributed by atoms with Crippen molar-refractivity contribution in [2.75, 3.05) is 0 Å². The highest BCUT2D eigenvalue weighted by Crippen LogP contribution is 2.52. The summed E-state index contributed by atoms with van der Waals surface area (Å²) in [5, 5.41) is 14.5. The smallest absolute Gasteiger partial charge is 0.309 e. The molecule has 2 aromatic rings. The molecule has 35 heavy (non-hydrogen) atoms. The second kappa shape index (κ2) is 9.06. The molecule has 0 amide bonds. The topological polar surface area (TPSA) is 71.5 Å². The van der Waals surface area contributed by atoms with Gasteiger partial charge in [-0.05, 0) is 107 Å². The van der Waals surface area contributed by atoms with Gasteiger partial charge in [-0.25, -0.2) is 0 Å². The summed E-state index contributed by atoms with van der Waals surface area (Å²) in [4.78, 5) is 16.6. The van der Waals surface area contributed by atoms with Gasteiger partial charge in [0.15, 0.2) is 0 Å². The summed E-state index contributed by atoms with van der Waals surface area (Å²) >= 11 is 0. The molecule has 2 N–H and O–H groups in total. The zero-order valence-corrected chi connectivity index (χ0v) is 21.0. The summed E-state index contributed by atoms with van der Waals surface area (Å²) in [6.45, 7) is 0.734. The number of aromatic nitrogens is 1. The van der Waals surface area contributed by atoms with Gasteiger partial charge in [0, 0.05) is 17.5 Å². The monoisotopic (exact) mass is 476 g/mol. The van der Waals surface area contributed by atoms with Crippen LogP contribution in [-0.4, -0.2) is 27.7 Å². The Hall–Kier alpha value is -2.14. The molecule has 1 heterocycles. The number of hydrogen-bond acceptors (Lipinski definition) is 4. The lowest BCUT2D eigenvalue weighted by molar-refractivity contribution is -0.156. The second-order valence-corrected chi connectivity index (χ2v) is 12.3. The molecular formula is C30H40N2O3. The Morgan fingerprint density at radius 1 is 0.914 bits per heavy atom. The Kier molecular flexibility index (Phi) is 6.03. The Balaban J connectivity index is 1.05. The molecule has 0 saturated heterocycles. The summed E-state index contributed by atoms with van der Waals surface area (Å²) < 4.78 is 6.43. The van der Waals surface area contributed by atoms with E-state index in [1.54, 1.807) is 0 Å². The molecular weight excluding hydrogens is 436 g/mol. The van der Waals surface area contributed by atoms with Crippen molar-refractivity contribution >= 4 is 16.9 Å². The van der Waals surface area contributed by atoms with E-state index < -0.39 is 11.4 Å². The van der Waals surface area contributed by atoms with Crippen LogP contribution < -0.4 is 10.1 Å². The van der Waals surface area contributed by atoms with E-state index in [0.717, 1.165) is 67.4 Å². The third kappa shape index (κ3) is 4.57. The van der Waals surface area contributed by atoms with Gasteiger partial charge in [-0.2, -0.15) is 0 Å². The van der Waals surface area contributed by atoms with E-state index >= 15 is 0 Å². The van der Waals surface area contributed by atoms with Crippen LogP contribution >= 0.6 is 0 Å². The lowest BCUT2D eigenvalue weighted by atomic mass is 9.57. The van der Waals surface area contributed by atoms with Crippen LogP contribution in [0, 0.1) is 10.8 Å². The first kappa shape index (κ1) is 23.3. The molecule has 1 spiro atoms. The largest absolute Gasteiger partial charge is 0.490 e. The summed E-state index contributed by atoms with van der Waals surface area (Å²) in [5.41, 5.74) is 2.31. The van der Waals surface area contributed by atoms with Gasteiger partial charge in [-0.1, -0.05) is 25.3 Å². The van der Waals surface area contributed by atoms with Gasteiger partial charge in [0.05, 0.1) is 22.7 Å². The van der Waals surface area contributed by atoms with Gasteiger partial charge in [0.25, 0.3) is 0 Å². The number of hydrogen-bond donors (Lipinski definition) is 2. The number of fused-ring (bicyclic) bond motifs is 4. The van der Waals surface area contributed by atoms with Crippen LogP contribution in [0.15, 0.2) is 30.3 Å². The van der Waals surface area contributed by atoms with Crippen molar-refractivity contribution in [3.63, 3.8) is 0 Å². The Morgan fingerprint density at radius 3 is 2.31 bits per heavy atom. The maximum Gasteiger partial charge on any atom is 0.309 e. The molecule has 0 aliphatic heterocycles. The highest BCUT2D eigenvalue weighted by Gasteiger charge is 2.52. The zero-order chi connectivity index (χ0) is 23.9. The minimum absolute atomic E-state index is 0.0851. The number of nitrogens with one attached hydrogen (secondary N) is 1. The Bertz CT molecular complexity index is 1060. The first-order valence-corrected chi connectivity index (χ1v) is 14.0. The van der Waals surface area contributed by atoms with Crippen LogP contribution in [0.3, 0.4) is 0 Å². The highest BCUT2D eigenvalue weighted by atomic mass is 16.5. The van der Waals surface area contributed by atoms with E-state index in [-0.39, 0.29) is 5.54 Å². The predicted molar refractivity (Wildman–Crippen MR) is 137 cm³/mol. The Morgan fingerprint density at radius 2 is 1.63 bits per heavy atom. The van der Waals surface area contributed by atoms with Gasteiger partial charge < -0.3 is 15.2 Å². The third-order valence-corrected chi connectivity index (χ3v) is 10.3. The van der Waals surface area contributed by atoms with E-state index in [1.165, 1.54) is 57.8 Å². The molecule has 188 valence electrons. The number of carboxylic acid groups (broad SMARTS) is 1. The molecule has 5 fully saturated rings. The van der Waals surface area contributed by atoms with Gasteiger partial charge in [-0.3, -0.25) is 9.78 Å². The normalized spacial score (nSPS) is 30.5. The van der Waals surface area contributed by atoms with Gasteiger partial charge in [0.2, 0.25) is 0 Å². The highest BCUT2D eigenvalue weighted by molar-refractivity contribution is 5.80. The van der Waals surface area contributed by atoms with Crippen LogP contribution in [0.2, 0.25) is 0 Å². The van der Waals surface area contributed by atoms with Crippen LogP contribution in [0.5, 0.6) is 5.75 Å². The molecule has 0 atom stereocenters. The molecule has 5 aliphatic rings. The number of nitrogens with zero attached hydrogens (tertiary/aromatic N) is 1. The SMILES string of the molecule is O=C(O)C12CCC(NCc3ccc4cc(OC5CCC6(CCCCC6)CC5)ccc4n3)(CC1)CC2. The number of carboxylic acids is 1. The number of carbonyl (C=O) groups is 1. The fourth-order valence-corrected chi connectivity index (χ4v) is 7.68. The predicted octanol–water partition coefficient (Wildman–Crippen LogP) is 6.77. The quantitative estimate of drug-likeness (QED) is 0.481. The first-order chi connectivity index (χ1) is 17.0. The van der Waals surface area contributed by atoms with Crippen molar-refractivity contribution in [1.29, 1.82) is 0 Å². The van der Waals surface area contributed by atoms with E-state index in [1.807, 2.05) is 0 Å². The van der Waals surface area contributed by atoms with Gasteiger partial charge in [0.1, 0.15) is 5.75 Å². The molecule has 5 saturated carbocycles. The lowest BCUT2D eigenvalue weighted by Crippen LogP contribution is -2.56. The minimum Gasteiger partial charge on any atom is -0.490 e. The number of ether oxygens (including phenoxy) is 1. The average Bonchev–Trinajstić information content (AvgIpc) is 2.90. The summed E-state index contributed by atoms with van der Waals surface area (Å²) in [6, 6.07) is 10.6. The molecule has 5 nitrogen and oxygen atoms in total. The van der Waals surface area contributed by atoms with E-state index in [9.17, 15) is 9.90 Å². The molecule has 1 aromatic heterocycles. The second-order valence-electron chi connectivity index (χ2n) is 12.3. The standard InChI is InChI=1S/C30H40N2O3/c33-27(34)29-14-17-30(18-15-29,19-16-29)31-21-23-5-4-22-20-25(6-7-26(22)32-23)35-24-8-12-28(13-9-24)10-2-1-3-11-28/h4-7,20,24,31H,1-3,8-19,21H2,(H,33,34). The zero-order valence-electron chi connectivity index (χ0n) is 21.0. The van der Waals surface area contributed by atoms with Crippen LogP contribution in [0.1, 0.15) is 102 Å². The fraction of sp³-hybridized carbons (Fsp3) is 0.667. The molecule has 1 aromatic carbocycles. The van der Waals surface area contributed by atoms with Gasteiger partial charge in [-0.15, -0.1) is 0 Å². The maximum atomic E-state index is 11.7. The van der Waals surface area contributed by atoms with Crippen LogP contribution in [0.4, 0.5) is 0 Å². The van der Waals surface area contributed by atoms with Crippen molar-refractivity contribution in [2.45, 2.75) is 114 Å². The number of benzene rings is 1. The minimum atomic E-state index is -0.595. The average molecular weight is 477 g/mol. The Labute approximate surface area is 209 Å². The van der Waals surface area contributed by atoms with Crippen molar-refractivity contribution in [3.8, 4) is 5.75 Å². The maximum absolute atomic E-state index is 11.7. The molecule has 7 rings (SSSR count). The van der Waals surface area contributed by atoms with Crippen LogP contribution in [0.25, 0.3) is 10.9 Å². The van der Waals surface area contributed by atoms with Crippen LogP contribution in [-0.2, 0) is 11.3 Å². The fourth-order valence-electron chi connectivity index (χ4n) is 7.68. The molecule has 5 aliphatic carbocycles. The molecule has 0 unspecified atom stereocenters. The molecule has 2 bridgehead atoms. The van der Waals surface area contributed by atoms with E-state index in [2.05, 4.69) is 35.6 Å². The van der Waals surface area contributed by atoms with Crippen molar-refractivity contribution < 1.29 is 14.6 Å². The number of pyridine rings is 1. The molecule has 0 radical (unpaired) electrons. The van der Waals surface area contributed by atoms with Crippen molar-refractivity contribution in [3.05, 3.63) is 36.0 Å². The van der Waals surface area contributed by atoms with Crippen molar-refractivity contribution in [1.82, 2.24) is 10.3 Å². The van der Waals surface area contributed by atoms with Gasteiger partial charge >= 0.3 is 5.97 Å². The third-order valence-electron chi connectivity index (χ3n) is 10.3.